The lowest BCUT2D eigenvalue weighted by molar-refractivity contribution is 0.901. The van der Waals surface area contributed by atoms with Crippen LogP contribution in [0.2, 0.25) is 0 Å². The molecule has 0 fully saturated rings. The van der Waals surface area contributed by atoms with E-state index in [4.69, 9.17) is 0 Å². The van der Waals surface area contributed by atoms with Crippen molar-refractivity contribution in [2.45, 2.75) is 13.0 Å². The van der Waals surface area contributed by atoms with Crippen molar-refractivity contribution in [1.82, 2.24) is 4.57 Å². The fourth-order valence-electron chi connectivity index (χ4n) is 2.82. The Hall–Kier alpha value is -2.28. The molecule has 0 atom stereocenters. The van der Waals surface area contributed by atoms with E-state index in [1.807, 2.05) is 12.2 Å². The highest BCUT2D eigenvalue weighted by Gasteiger charge is 2.11. The Balaban J connectivity index is 2.48. The monoisotopic (exact) mass is 247 g/mol. The van der Waals surface area contributed by atoms with E-state index in [0.717, 1.165) is 13.0 Å². The van der Waals surface area contributed by atoms with Crippen LogP contribution in [0.3, 0.4) is 0 Å². The summed E-state index contributed by atoms with van der Waals surface area (Å²) in [6.07, 6.45) is 4.82. The predicted octanol–water partition coefficient (Wildman–Crippen LogP) is 4.71. The lowest BCUT2D eigenvalue weighted by Gasteiger charge is -2.04. The molecule has 94 valence electrons. The summed E-state index contributed by atoms with van der Waals surface area (Å²) in [7, 11) is 0. The van der Waals surface area contributed by atoms with E-state index >= 15 is 0 Å². The van der Waals surface area contributed by atoms with Gasteiger partial charge in [0.05, 0.1) is 0 Å². The molecule has 0 saturated carbocycles. The number of para-hydroxylation sites is 1. The first kappa shape index (κ1) is 11.8. The second-order valence-corrected chi connectivity index (χ2v) is 4.72. The van der Waals surface area contributed by atoms with Crippen LogP contribution in [0.25, 0.3) is 21.8 Å². The van der Waals surface area contributed by atoms with Gasteiger partial charge in [-0.3, -0.25) is 0 Å². The molecule has 0 saturated heterocycles. The van der Waals surface area contributed by atoms with Crippen molar-refractivity contribution in [3.63, 3.8) is 0 Å². The quantitative estimate of drug-likeness (QED) is 0.588. The number of allylic oxidation sites excluding steroid dienone is 2. The Morgan fingerprint density at radius 3 is 2.47 bits per heavy atom. The maximum Gasteiger partial charge on any atom is 0.0497 e. The molecule has 1 nitrogen and oxygen atoms in total. The summed E-state index contributed by atoms with van der Waals surface area (Å²) in [5.41, 5.74) is 3.89. The van der Waals surface area contributed by atoms with E-state index < -0.39 is 0 Å². The van der Waals surface area contributed by atoms with Crippen molar-refractivity contribution in [2.75, 3.05) is 0 Å². The molecule has 19 heavy (non-hydrogen) atoms. The fraction of sp³-hybridized carbons (Fsp3) is 0.111. The van der Waals surface area contributed by atoms with Crippen molar-refractivity contribution in [1.29, 1.82) is 0 Å². The Morgan fingerprint density at radius 1 is 0.895 bits per heavy atom. The first-order valence-corrected chi connectivity index (χ1v) is 6.57. The van der Waals surface area contributed by atoms with Gasteiger partial charge in [-0.1, -0.05) is 42.5 Å². The molecule has 0 amide bonds. The van der Waals surface area contributed by atoms with Crippen molar-refractivity contribution in [3.05, 3.63) is 73.3 Å². The molecule has 1 heteroatoms. The Morgan fingerprint density at radius 2 is 1.68 bits per heavy atom. The van der Waals surface area contributed by atoms with Gasteiger partial charge < -0.3 is 4.57 Å². The van der Waals surface area contributed by atoms with Crippen LogP contribution in [0.5, 0.6) is 0 Å². The Kier molecular flexibility index (Phi) is 2.96. The van der Waals surface area contributed by atoms with E-state index in [-0.39, 0.29) is 0 Å². The Labute approximate surface area is 113 Å². The molecule has 0 aliphatic rings. The minimum Gasteiger partial charge on any atom is -0.337 e. The second kappa shape index (κ2) is 4.77. The van der Waals surface area contributed by atoms with E-state index in [9.17, 15) is 0 Å². The number of rotatable bonds is 4. The fourth-order valence-corrected chi connectivity index (χ4v) is 2.82. The van der Waals surface area contributed by atoms with E-state index in [1.54, 1.807) is 0 Å². The third-order valence-electron chi connectivity index (χ3n) is 3.56. The summed E-state index contributed by atoms with van der Waals surface area (Å²) < 4.78 is 2.32. The molecule has 0 N–H and O–H groups in total. The minimum atomic E-state index is 0.835. The number of benzene rings is 2. The van der Waals surface area contributed by atoms with Crippen LogP contribution in [0.15, 0.2) is 67.8 Å². The maximum atomic E-state index is 3.87. The van der Waals surface area contributed by atoms with Gasteiger partial charge >= 0.3 is 0 Å². The zero-order valence-corrected chi connectivity index (χ0v) is 11.0. The number of hydrogen-bond acceptors (Lipinski definition) is 0. The molecule has 0 bridgehead atoms. The van der Waals surface area contributed by atoms with Gasteiger partial charge in [0.1, 0.15) is 0 Å². The highest BCUT2D eigenvalue weighted by molar-refractivity contribution is 6.09. The standard InChI is InChI=1S/C18H17N/c1-3-8-14-9-7-12-17-18(14)15-10-5-6-11-16(15)19(17)13-4-2/h3-7,9-12H,1-2,8,13H2. The molecule has 0 spiro atoms. The number of aromatic nitrogens is 1. The van der Waals surface area contributed by atoms with Gasteiger partial charge in [-0.15, -0.1) is 13.2 Å². The lowest BCUT2D eigenvalue weighted by atomic mass is 10.0. The summed E-state index contributed by atoms with van der Waals surface area (Å²) in [6.45, 7) is 8.57. The van der Waals surface area contributed by atoms with Crippen LogP contribution < -0.4 is 0 Å². The van der Waals surface area contributed by atoms with Gasteiger partial charge in [0.25, 0.3) is 0 Å². The van der Waals surface area contributed by atoms with E-state index in [2.05, 4.69) is 60.2 Å². The molecule has 0 unspecified atom stereocenters. The average Bonchev–Trinajstić information content (AvgIpc) is 2.76. The summed E-state index contributed by atoms with van der Waals surface area (Å²) in [4.78, 5) is 0. The van der Waals surface area contributed by atoms with Gasteiger partial charge in [-0.05, 0) is 24.1 Å². The van der Waals surface area contributed by atoms with Gasteiger partial charge in [-0.25, -0.2) is 0 Å². The maximum absolute atomic E-state index is 3.87. The molecule has 0 radical (unpaired) electrons. The molecular formula is C18H17N. The van der Waals surface area contributed by atoms with Crippen molar-refractivity contribution >= 4 is 21.8 Å². The number of fused-ring (bicyclic) bond motifs is 3. The van der Waals surface area contributed by atoms with Crippen LogP contribution in [-0.4, -0.2) is 4.57 Å². The van der Waals surface area contributed by atoms with Crippen molar-refractivity contribution < 1.29 is 0 Å². The molecule has 0 aliphatic carbocycles. The lowest BCUT2D eigenvalue weighted by Crippen LogP contribution is -1.94. The first-order chi connectivity index (χ1) is 9.36. The largest absolute Gasteiger partial charge is 0.337 e. The van der Waals surface area contributed by atoms with Crippen molar-refractivity contribution in [3.8, 4) is 0 Å². The summed E-state index contributed by atoms with van der Waals surface area (Å²) in [5.74, 6) is 0. The third-order valence-corrected chi connectivity index (χ3v) is 3.56. The zero-order valence-electron chi connectivity index (χ0n) is 11.0. The molecule has 3 aromatic rings. The van der Waals surface area contributed by atoms with Crippen molar-refractivity contribution in [2.24, 2.45) is 0 Å². The van der Waals surface area contributed by atoms with Gasteiger partial charge in [0.15, 0.2) is 0 Å². The highest BCUT2D eigenvalue weighted by atomic mass is 15.0. The Bertz CT molecular complexity index is 762. The molecule has 1 aromatic heterocycles. The van der Waals surface area contributed by atoms with E-state index in [1.165, 1.54) is 27.4 Å². The first-order valence-electron chi connectivity index (χ1n) is 6.57. The normalized spacial score (nSPS) is 10.9. The van der Waals surface area contributed by atoms with Crippen LogP contribution in [0.1, 0.15) is 5.56 Å². The number of nitrogens with zero attached hydrogens (tertiary/aromatic N) is 1. The molecule has 2 aromatic carbocycles. The van der Waals surface area contributed by atoms with Crippen LogP contribution in [0.4, 0.5) is 0 Å². The van der Waals surface area contributed by atoms with Crippen LogP contribution in [-0.2, 0) is 13.0 Å². The van der Waals surface area contributed by atoms with Gasteiger partial charge in [0, 0.05) is 28.4 Å². The molecule has 1 heterocycles. The summed E-state index contributed by atoms with van der Waals surface area (Å²) in [5, 5.41) is 2.66. The third kappa shape index (κ3) is 1.78. The zero-order chi connectivity index (χ0) is 13.2. The van der Waals surface area contributed by atoms with Crippen LogP contribution in [0, 0.1) is 0 Å². The second-order valence-electron chi connectivity index (χ2n) is 4.72. The van der Waals surface area contributed by atoms with Crippen LogP contribution >= 0.6 is 0 Å². The molecular weight excluding hydrogens is 230 g/mol. The average molecular weight is 247 g/mol. The topological polar surface area (TPSA) is 4.93 Å². The highest BCUT2D eigenvalue weighted by Crippen LogP contribution is 2.31. The van der Waals surface area contributed by atoms with Gasteiger partial charge in [0.2, 0.25) is 0 Å². The molecule has 3 rings (SSSR count). The summed E-state index contributed by atoms with van der Waals surface area (Å²) in [6, 6.07) is 15.1. The SMILES string of the molecule is C=CCc1cccc2c1c1ccccc1n2CC=C. The summed E-state index contributed by atoms with van der Waals surface area (Å²) >= 11 is 0. The minimum absolute atomic E-state index is 0.835. The van der Waals surface area contributed by atoms with Gasteiger partial charge in [-0.2, -0.15) is 0 Å². The smallest absolute Gasteiger partial charge is 0.0497 e. The number of hydrogen-bond donors (Lipinski definition) is 0. The van der Waals surface area contributed by atoms with E-state index in [0.29, 0.717) is 0 Å². The molecule has 0 aliphatic heterocycles. The predicted molar refractivity (Wildman–Crippen MR) is 83.5 cm³/mol.